The molecule has 2 aliphatic rings. The highest BCUT2D eigenvalue weighted by Crippen LogP contribution is 2.56. The third-order valence-electron chi connectivity index (χ3n) is 6.78. The van der Waals surface area contributed by atoms with E-state index in [9.17, 15) is 5.11 Å². The smallest absolute Gasteiger partial charge is 0.192 e. The lowest BCUT2D eigenvalue weighted by Gasteiger charge is -2.39. The van der Waals surface area contributed by atoms with Gasteiger partial charge in [0, 0.05) is 26.5 Å². The van der Waals surface area contributed by atoms with Gasteiger partial charge in [-0.15, -0.1) is 0 Å². The van der Waals surface area contributed by atoms with Gasteiger partial charge >= 0.3 is 0 Å². The van der Waals surface area contributed by atoms with Gasteiger partial charge < -0.3 is 14.3 Å². The Morgan fingerprint density at radius 2 is 1.79 bits per heavy atom. The van der Waals surface area contributed by atoms with E-state index in [1.54, 1.807) is 0 Å². The SMILES string of the molecule is C[C@H](CC1C[C@@H]2[C@@H]([Si](C)(C)C)CCC2(O)O1)O[Si](C)(C)C(C)(C)C. The van der Waals surface area contributed by atoms with Gasteiger partial charge in [-0.05, 0) is 49.9 Å². The molecule has 2 unspecified atom stereocenters. The number of fused-ring (bicyclic) bond motifs is 1. The summed E-state index contributed by atoms with van der Waals surface area (Å²) in [6.45, 7) is 20.9. The predicted molar refractivity (Wildman–Crippen MR) is 107 cm³/mol. The highest BCUT2D eigenvalue weighted by Gasteiger charge is 2.57. The van der Waals surface area contributed by atoms with Crippen LogP contribution < -0.4 is 0 Å². The van der Waals surface area contributed by atoms with Crippen molar-refractivity contribution in [2.24, 2.45) is 5.92 Å². The quantitative estimate of drug-likeness (QED) is 0.658. The van der Waals surface area contributed by atoms with Crippen LogP contribution in [0.4, 0.5) is 0 Å². The maximum atomic E-state index is 11.0. The number of hydrogen-bond donors (Lipinski definition) is 1. The second-order valence-corrected chi connectivity index (χ2v) is 21.1. The lowest BCUT2D eigenvalue weighted by molar-refractivity contribution is -0.204. The molecule has 0 aromatic rings. The Morgan fingerprint density at radius 1 is 1.21 bits per heavy atom. The molecule has 1 heterocycles. The third kappa shape index (κ3) is 4.17. The van der Waals surface area contributed by atoms with E-state index in [2.05, 4.69) is 60.4 Å². The van der Waals surface area contributed by atoms with Gasteiger partial charge in [0.2, 0.25) is 0 Å². The summed E-state index contributed by atoms with van der Waals surface area (Å²) in [6.07, 6.45) is 4.23. The second-order valence-electron chi connectivity index (χ2n) is 10.9. The van der Waals surface area contributed by atoms with Crippen LogP contribution in [0.1, 0.15) is 53.4 Å². The Kier molecular flexibility index (Phi) is 5.57. The molecule has 0 amide bonds. The van der Waals surface area contributed by atoms with Crippen LogP contribution in [0.25, 0.3) is 0 Å². The lowest BCUT2D eigenvalue weighted by atomic mass is 9.97. The fourth-order valence-electron chi connectivity index (χ4n) is 4.46. The van der Waals surface area contributed by atoms with Gasteiger partial charge in [0.05, 0.1) is 6.10 Å². The minimum atomic E-state index is -1.74. The molecule has 1 aliphatic carbocycles. The highest BCUT2D eigenvalue weighted by molar-refractivity contribution is 6.77. The van der Waals surface area contributed by atoms with Crippen molar-refractivity contribution in [1.29, 1.82) is 0 Å². The van der Waals surface area contributed by atoms with Crippen LogP contribution in [0.5, 0.6) is 0 Å². The van der Waals surface area contributed by atoms with Gasteiger partial charge in [-0.3, -0.25) is 0 Å². The molecule has 0 aromatic heterocycles. The van der Waals surface area contributed by atoms with E-state index in [-0.39, 0.29) is 17.2 Å². The molecule has 1 saturated carbocycles. The monoisotopic (exact) mass is 372 g/mol. The van der Waals surface area contributed by atoms with Crippen LogP contribution in [0, 0.1) is 5.92 Å². The average molecular weight is 373 g/mol. The number of aliphatic hydroxyl groups is 1. The van der Waals surface area contributed by atoms with Crippen molar-refractivity contribution < 1.29 is 14.3 Å². The van der Waals surface area contributed by atoms with Gasteiger partial charge in [-0.1, -0.05) is 40.4 Å². The summed E-state index contributed by atoms with van der Waals surface area (Å²) in [5.41, 5.74) is 0.684. The van der Waals surface area contributed by atoms with Crippen molar-refractivity contribution >= 4 is 16.4 Å². The Bertz CT molecular complexity index is 453. The van der Waals surface area contributed by atoms with Crippen LogP contribution in [0.2, 0.25) is 43.3 Å². The van der Waals surface area contributed by atoms with Gasteiger partial charge in [0.1, 0.15) is 0 Å². The zero-order chi connectivity index (χ0) is 18.6. The highest BCUT2D eigenvalue weighted by atomic mass is 28.4. The Morgan fingerprint density at radius 3 is 2.29 bits per heavy atom. The Balaban J connectivity index is 1.97. The summed E-state index contributed by atoms with van der Waals surface area (Å²) in [5, 5.41) is 11.2. The minimum Gasteiger partial charge on any atom is -0.414 e. The van der Waals surface area contributed by atoms with Gasteiger partial charge in [-0.2, -0.15) is 0 Å². The van der Waals surface area contributed by atoms with E-state index in [4.69, 9.17) is 9.16 Å². The molecule has 24 heavy (non-hydrogen) atoms. The molecular formula is C19H40O3Si2. The first-order chi connectivity index (χ1) is 10.7. The van der Waals surface area contributed by atoms with Crippen LogP contribution in [0.15, 0.2) is 0 Å². The molecule has 2 fully saturated rings. The average Bonchev–Trinajstić information content (AvgIpc) is 2.77. The molecule has 0 bridgehead atoms. The number of ether oxygens (including phenoxy) is 1. The zero-order valence-corrected chi connectivity index (χ0v) is 19.4. The normalized spacial score (nSPS) is 36.0. The van der Waals surface area contributed by atoms with Crippen molar-refractivity contribution in [3.8, 4) is 0 Å². The lowest BCUT2D eigenvalue weighted by Crippen LogP contribution is -2.44. The van der Waals surface area contributed by atoms with Crippen LogP contribution in [-0.4, -0.2) is 39.5 Å². The fraction of sp³-hybridized carbons (Fsp3) is 1.00. The molecule has 0 radical (unpaired) electrons. The first-order valence-corrected chi connectivity index (χ1v) is 16.2. The molecule has 2 rings (SSSR count). The van der Waals surface area contributed by atoms with E-state index in [0.717, 1.165) is 25.7 Å². The molecule has 1 N–H and O–H groups in total. The third-order valence-corrected chi connectivity index (χ3v) is 14.3. The van der Waals surface area contributed by atoms with Gasteiger partial charge in [-0.25, -0.2) is 0 Å². The molecule has 0 spiro atoms. The Hall–Kier alpha value is 0.314. The zero-order valence-electron chi connectivity index (χ0n) is 17.4. The summed E-state index contributed by atoms with van der Waals surface area (Å²) in [4.78, 5) is 0. The van der Waals surface area contributed by atoms with Gasteiger partial charge in [0.25, 0.3) is 0 Å². The van der Waals surface area contributed by atoms with E-state index in [1.807, 2.05) is 0 Å². The first kappa shape index (κ1) is 20.6. The summed E-state index contributed by atoms with van der Waals surface area (Å²) in [6, 6.07) is 0. The van der Waals surface area contributed by atoms with Crippen molar-refractivity contribution in [3.63, 3.8) is 0 Å². The summed E-state index contributed by atoms with van der Waals surface area (Å²) in [7, 11) is -3.00. The summed E-state index contributed by atoms with van der Waals surface area (Å²) < 4.78 is 12.7. The molecule has 5 atom stereocenters. The van der Waals surface area contributed by atoms with E-state index < -0.39 is 22.2 Å². The standard InChI is InChI=1S/C19H40O3Si2/c1-14(22-24(8,9)18(2,3)4)12-15-13-16-17(23(5,6)7)10-11-19(16,20)21-15/h14-17,20H,10-13H2,1-9H3/t14-,15?,16-,17+,19?/m1/s1. The molecule has 142 valence electrons. The van der Waals surface area contributed by atoms with Crippen LogP contribution in [-0.2, 0) is 9.16 Å². The van der Waals surface area contributed by atoms with Crippen molar-refractivity contribution in [2.75, 3.05) is 0 Å². The Labute approximate surface area is 151 Å². The van der Waals surface area contributed by atoms with Crippen LogP contribution in [0.3, 0.4) is 0 Å². The second kappa shape index (κ2) is 6.48. The maximum Gasteiger partial charge on any atom is 0.192 e. The topological polar surface area (TPSA) is 38.7 Å². The van der Waals surface area contributed by atoms with E-state index in [0.29, 0.717) is 11.5 Å². The van der Waals surface area contributed by atoms with E-state index in [1.165, 1.54) is 0 Å². The van der Waals surface area contributed by atoms with Crippen molar-refractivity contribution in [2.45, 2.75) is 115 Å². The molecule has 0 aromatic carbocycles. The van der Waals surface area contributed by atoms with Crippen molar-refractivity contribution in [3.05, 3.63) is 0 Å². The molecule has 3 nitrogen and oxygen atoms in total. The minimum absolute atomic E-state index is 0.152. The fourth-order valence-corrected chi connectivity index (χ4v) is 8.53. The molecular weight excluding hydrogens is 332 g/mol. The number of rotatable bonds is 5. The van der Waals surface area contributed by atoms with Crippen molar-refractivity contribution in [1.82, 2.24) is 0 Å². The van der Waals surface area contributed by atoms with E-state index >= 15 is 0 Å². The molecule has 1 saturated heterocycles. The largest absolute Gasteiger partial charge is 0.414 e. The van der Waals surface area contributed by atoms with Gasteiger partial charge in [0.15, 0.2) is 14.1 Å². The molecule has 5 heteroatoms. The van der Waals surface area contributed by atoms with Crippen LogP contribution >= 0.6 is 0 Å². The summed E-state index contributed by atoms with van der Waals surface area (Å²) in [5.74, 6) is -0.513. The number of hydrogen-bond acceptors (Lipinski definition) is 3. The summed E-state index contributed by atoms with van der Waals surface area (Å²) >= 11 is 0. The first-order valence-electron chi connectivity index (χ1n) is 9.74. The maximum absolute atomic E-state index is 11.0. The molecule has 1 aliphatic heterocycles. The predicted octanol–water partition coefficient (Wildman–Crippen LogP) is 5.38.